The second-order valence-corrected chi connectivity index (χ2v) is 9.29. The molecule has 1 saturated carbocycles. The summed E-state index contributed by atoms with van der Waals surface area (Å²) in [5, 5.41) is 3.46. The van der Waals surface area contributed by atoms with Crippen LogP contribution >= 0.6 is 0 Å². The van der Waals surface area contributed by atoms with Crippen molar-refractivity contribution in [1.82, 2.24) is 10.2 Å². The summed E-state index contributed by atoms with van der Waals surface area (Å²) >= 11 is 0. The van der Waals surface area contributed by atoms with Crippen molar-refractivity contribution in [1.29, 1.82) is 0 Å². The molecule has 0 aliphatic heterocycles. The van der Waals surface area contributed by atoms with Crippen LogP contribution in [0.25, 0.3) is 0 Å². The maximum Gasteiger partial charge on any atom is 0.150 e. The Morgan fingerprint density at radius 2 is 1.90 bits per heavy atom. The number of hydrogen-bond donors (Lipinski definition) is 1. The summed E-state index contributed by atoms with van der Waals surface area (Å²) in [6, 6.07) is 0.326. The molecule has 0 spiro atoms. The van der Waals surface area contributed by atoms with Crippen LogP contribution in [0.2, 0.25) is 0 Å². The van der Waals surface area contributed by atoms with Gasteiger partial charge >= 0.3 is 0 Å². The number of sulfone groups is 1. The first-order chi connectivity index (χ1) is 9.10. The van der Waals surface area contributed by atoms with Gasteiger partial charge < -0.3 is 10.2 Å². The zero-order valence-corrected chi connectivity index (χ0v) is 14.8. The summed E-state index contributed by atoms with van der Waals surface area (Å²) in [6.07, 6.45) is 5.17. The second-order valence-electron chi connectivity index (χ2n) is 6.96. The number of nitrogens with one attached hydrogen (secondary N) is 1. The third kappa shape index (κ3) is 4.18. The van der Waals surface area contributed by atoms with Crippen LogP contribution in [-0.2, 0) is 9.84 Å². The molecule has 5 heteroatoms. The van der Waals surface area contributed by atoms with E-state index in [0.717, 1.165) is 32.2 Å². The molecule has 20 heavy (non-hydrogen) atoms. The summed E-state index contributed by atoms with van der Waals surface area (Å²) in [5.74, 6) is 0.431. The molecule has 0 saturated heterocycles. The molecular formula is C15H32N2O2S. The van der Waals surface area contributed by atoms with Crippen LogP contribution in [0.4, 0.5) is 0 Å². The van der Waals surface area contributed by atoms with Crippen molar-refractivity contribution < 1.29 is 8.42 Å². The minimum atomic E-state index is -2.91. The van der Waals surface area contributed by atoms with Crippen molar-refractivity contribution in [2.75, 3.05) is 26.9 Å². The molecule has 0 radical (unpaired) electrons. The van der Waals surface area contributed by atoms with Gasteiger partial charge in [-0.2, -0.15) is 0 Å². The molecule has 0 aromatic carbocycles. The summed E-state index contributed by atoms with van der Waals surface area (Å²) in [5.41, 5.74) is 0.0140. The van der Waals surface area contributed by atoms with Gasteiger partial charge in [0, 0.05) is 17.8 Å². The van der Waals surface area contributed by atoms with Gasteiger partial charge in [-0.3, -0.25) is 0 Å². The molecule has 1 rings (SSSR count). The zero-order chi connectivity index (χ0) is 15.6. The molecule has 0 amide bonds. The Balaban J connectivity index is 2.92. The topological polar surface area (TPSA) is 49.4 Å². The monoisotopic (exact) mass is 304 g/mol. The van der Waals surface area contributed by atoms with Crippen LogP contribution in [0.5, 0.6) is 0 Å². The SMILES string of the molecule is CCNC(C1CCCC(S(C)(=O)=O)C1)C(C)(C)N(C)C. The molecule has 1 N–H and O–H groups in total. The van der Waals surface area contributed by atoms with Crippen molar-refractivity contribution in [2.24, 2.45) is 5.92 Å². The van der Waals surface area contributed by atoms with Gasteiger partial charge in [0.15, 0.2) is 0 Å². The van der Waals surface area contributed by atoms with Crippen LogP contribution in [0.3, 0.4) is 0 Å². The summed E-state index contributed by atoms with van der Waals surface area (Å²) in [4.78, 5) is 2.24. The highest BCUT2D eigenvalue weighted by Gasteiger charge is 2.40. The Kier molecular flexibility index (Phi) is 6.05. The van der Waals surface area contributed by atoms with Gasteiger partial charge in [0.05, 0.1) is 5.25 Å². The molecule has 120 valence electrons. The molecule has 1 aliphatic carbocycles. The van der Waals surface area contributed by atoms with Crippen LogP contribution in [0.1, 0.15) is 46.5 Å². The largest absolute Gasteiger partial charge is 0.312 e. The van der Waals surface area contributed by atoms with E-state index in [0.29, 0.717) is 12.0 Å². The maximum atomic E-state index is 11.9. The first kappa shape index (κ1) is 17.9. The van der Waals surface area contributed by atoms with Crippen LogP contribution < -0.4 is 5.32 Å². The standard InChI is InChI=1S/C15H32N2O2S/c1-7-16-14(15(2,3)17(4)5)12-9-8-10-13(11-12)20(6,18)19/h12-14,16H,7-11H2,1-6H3. The van der Waals surface area contributed by atoms with Crippen LogP contribution in [0, 0.1) is 5.92 Å². The van der Waals surface area contributed by atoms with E-state index < -0.39 is 9.84 Å². The minimum absolute atomic E-state index is 0.0140. The summed E-state index contributed by atoms with van der Waals surface area (Å²) in [6.45, 7) is 7.52. The third-order valence-electron chi connectivity index (χ3n) is 5.08. The Morgan fingerprint density at radius 3 is 2.35 bits per heavy atom. The van der Waals surface area contributed by atoms with Gasteiger partial charge in [0.2, 0.25) is 0 Å². The van der Waals surface area contributed by atoms with E-state index in [-0.39, 0.29) is 10.8 Å². The second kappa shape index (κ2) is 6.75. The first-order valence-electron chi connectivity index (χ1n) is 7.70. The Labute approximate surface area is 125 Å². The van der Waals surface area contributed by atoms with Gasteiger partial charge in [0.1, 0.15) is 9.84 Å². The van der Waals surface area contributed by atoms with E-state index in [1.165, 1.54) is 6.26 Å². The average molecular weight is 304 g/mol. The number of hydrogen-bond acceptors (Lipinski definition) is 4. The molecule has 3 atom stereocenters. The minimum Gasteiger partial charge on any atom is -0.312 e. The molecular weight excluding hydrogens is 272 g/mol. The van der Waals surface area contributed by atoms with E-state index >= 15 is 0 Å². The van der Waals surface area contributed by atoms with Crippen molar-refractivity contribution in [3.63, 3.8) is 0 Å². The van der Waals surface area contributed by atoms with Gasteiger partial charge in [-0.15, -0.1) is 0 Å². The fourth-order valence-electron chi connectivity index (χ4n) is 3.36. The van der Waals surface area contributed by atoms with Gasteiger partial charge in [-0.05, 0) is 59.7 Å². The first-order valence-corrected chi connectivity index (χ1v) is 9.65. The van der Waals surface area contributed by atoms with Gasteiger partial charge in [0.25, 0.3) is 0 Å². The Morgan fingerprint density at radius 1 is 1.30 bits per heavy atom. The highest BCUT2D eigenvalue weighted by atomic mass is 32.2. The lowest BCUT2D eigenvalue weighted by molar-refractivity contribution is 0.0885. The predicted molar refractivity (Wildman–Crippen MR) is 85.8 cm³/mol. The van der Waals surface area contributed by atoms with Gasteiger partial charge in [-0.25, -0.2) is 8.42 Å². The lowest BCUT2D eigenvalue weighted by Crippen LogP contribution is -2.59. The molecule has 0 aromatic heterocycles. The lowest BCUT2D eigenvalue weighted by Gasteiger charge is -2.46. The van der Waals surface area contributed by atoms with Crippen molar-refractivity contribution >= 4 is 9.84 Å². The van der Waals surface area contributed by atoms with Crippen LogP contribution in [-0.4, -0.2) is 57.0 Å². The molecule has 0 aromatic rings. The highest BCUT2D eigenvalue weighted by molar-refractivity contribution is 7.91. The molecule has 1 fully saturated rings. The van der Waals surface area contributed by atoms with E-state index in [1.807, 2.05) is 0 Å². The number of likely N-dealkylation sites (N-methyl/N-ethyl adjacent to an activating group) is 2. The van der Waals surface area contributed by atoms with Gasteiger partial charge in [-0.1, -0.05) is 13.3 Å². The number of rotatable bonds is 6. The van der Waals surface area contributed by atoms with E-state index in [9.17, 15) is 8.42 Å². The summed E-state index contributed by atoms with van der Waals surface area (Å²) in [7, 11) is 1.28. The normalized spacial score (nSPS) is 26.8. The Bertz CT molecular complexity index is 404. The molecule has 3 unspecified atom stereocenters. The third-order valence-corrected chi connectivity index (χ3v) is 6.72. The van der Waals surface area contributed by atoms with Crippen LogP contribution in [0.15, 0.2) is 0 Å². The zero-order valence-electron chi connectivity index (χ0n) is 13.9. The van der Waals surface area contributed by atoms with Crippen molar-refractivity contribution in [3.8, 4) is 0 Å². The fourth-order valence-corrected chi connectivity index (χ4v) is 4.56. The summed E-state index contributed by atoms with van der Waals surface area (Å²) < 4.78 is 23.7. The molecule has 4 nitrogen and oxygen atoms in total. The fraction of sp³-hybridized carbons (Fsp3) is 1.00. The Hall–Kier alpha value is -0.130. The maximum absolute atomic E-state index is 11.9. The molecule has 0 heterocycles. The lowest BCUT2D eigenvalue weighted by atomic mass is 9.75. The van der Waals surface area contributed by atoms with E-state index in [4.69, 9.17) is 0 Å². The molecule has 0 bridgehead atoms. The quantitative estimate of drug-likeness (QED) is 0.814. The predicted octanol–water partition coefficient (Wildman–Crippen LogP) is 1.91. The van der Waals surface area contributed by atoms with E-state index in [2.05, 4.69) is 45.1 Å². The molecule has 1 aliphatic rings. The average Bonchev–Trinajstić information content (AvgIpc) is 2.34. The highest BCUT2D eigenvalue weighted by Crippen LogP contribution is 2.35. The smallest absolute Gasteiger partial charge is 0.150 e. The van der Waals surface area contributed by atoms with E-state index in [1.54, 1.807) is 0 Å². The number of nitrogens with zero attached hydrogens (tertiary/aromatic N) is 1. The van der Waals surface area contributed by atoms with Crippen molar-refractivity contribution in [2.45, 2.75) is 63.3 Å². The van der Waals surface area contributed by atoms with Crippen molar-refractivity contribution in [3.05, 3.63) is 0 Å².